The Balaban J connectivity index is 0.985. The van der Waals surface area contributed by atoms with Crippen molar-refractivity contribution in [1.82, 2.24) is 0 Å². The van der Waals surface area contributed by atoms with Gasteiger partial charge in [0.15, 0.2) is 0 Å². The molecule has 3 aliphatic carbocycles. The molecule has 232 valence electrons. The van der Waals surface area contributed by atoms with Crippen LogP contribution >= 0.6 is 0 Å². The Hall–Kier alpha value is -0.480. The third kappa shape index (κ3) is 11.3. The molecule has 2 atom stereocenters. The first-order chi connectivity index (χ1) is 19.6. The van der Waals surface area contributed by atoms with Crippen LogP contribution in [-0.4, -0.2) is 25.4 Å². The van der Waals surface area contributed by atoms with Gasteiger partial charge in [-0.15, -0.1) is 0 Å². The minimum Gasteiger partial charge on any atom is -0.378 e. The largest absolute Gasteiger partial charge is 0.378 e. The van der Waals surface area contributed by atoms with Gasteiger partial charge in [0.05, 0.1) is 18.8 Å². The average Bonchev–Trinajstić information content (AvgIpc) is 2.99. The van der Waals surface area contributed by atoms with Gasteiger partial charge in [-0.05, 0) is 131 Å². The molecular formula is C36H62F2O2. The second kappa shape index (κ2) is 18.2. The average molecular weight is 565 g/mol. The van der Waals surface area contributed by atoms with E-state index in [-0.39, 0.29) is 0 Å². The molecule has 0 aromatic carbocycles. The first kappa shape index (κ1) is 32.4. The third-order valence-corrected chi connectivity index (χ3v) is 11.6. The van der Waals surface area contributed by atoms with Crippen molar-refractivity contribution in [1.29, 1.82) is 0 Å². The number of ether oxygens (including phenoxy) is 2. The molecule has 0 aromatic rings. The Kier molecular flexibility index (Phi) is 14.8. The Morgan fingerprint density at radius 1 is 0.650 bits per heavy atom. The van der Waals surface area contributed by atoms with Gasteiger partial charge in [0.25, 0.3) is 6.08 Å². The molecule has 1 heterocycles. The van der Waals surface area contributed by atoms with Gasteiger partial charge >= 0.3 is 0 Å². The third-order valence-electron chi connectivity index (χ3n) is 11.6. The van der Waals surface area contributed by atoms with Crippen LogP contribution in [0, 0.1) is 35.5 Å². The molecule has 0 amide bonds. The van der Waals surface area contributed by atoms with Gasteiger partial charge < -0.3 is 9.47 Å². The van der Waals surface area contributed by atoms with Crippen LogP contribution in [0.3, 0.4) is 0 Å². The second-order valence-corrected chi connectivity index (χ2v) is 14.3. The highest BCUT2D eigenvalue weighted by atomic mass is 19.3. The van der Waals surface area contributed by atoms with Crippen LogP contribution in [-0.2, 0) is 9.47 Å². The molecule has 4 aliphatic rings. The maximum absolute atomic E-state index is 12.3. The molecule has 0 aromatic heterocycles. The fourth-order valence-corrected chi connectivity index (χ4v) is 8.88. The minimum atomic E-state index is -1.51. The summed E-state index contributed by atoms with van der Waals surface area (Å²) in [5.41, 5.74) is 0. The number of hydrogen-bond donors (Lipinski definition) is 0. The van der Waals surface area contributed by atoms with Crippen molar-refractivity contribution < 1.29 is 18.3 Å². The molecule has 0 bridgehead atoms. The van der Waals surface area contributed by atoms with Crippen LogP contribution in [0.4, 0.5) is 8.78 Å². The summed E-state index contributed by atoms with van der Waals surface area (Å²) in [6.45, 7) is 4.24. The SMILES string of the molecule is CCCCCOC1CCC(C2CCC(CCCCC3CCC(C4CCC(CCC=C(F)F)CC4)CC3)OC2)CC1. The molecule has 0 radical (unpaired) electrons. The number of rotatable bonds is 15. The quantitative estimate of drug-likeness (QED) is 0.184. The van der Waals surface area contributed by atoms with E-state index < -0.39 is 6.08 Å². The van der Waals surface area contributed by atoms with Crippen LogP contribution in [0.25, 0.3) is 0 Å². The van der Waals surface area contributed by atoms with E-state index in [1.54, 1.807) is 0 Å². The van der Waals surface area contributed by atoms with E-state index in [0.717, 1.165) is 55.3 Å². The lowest BCUT2D eigenvalue weighted by atomic mass is 9.68. The smallest absolute Gasteiger partial charge is 0.266 e. The molecule has 0 spiro atoms. The van der Waals surface area contributed by atoms with Gasteiger partial charge in [0.2, 0.25) is 0 Å². The molecule has 4 heteroatoms. The number of hydrogen-bond acceptors (Lipinski definition) is 2. The summed E-state index contributed by atoms with van der Waals surface area (Å²) in [6.07, 6.45) is 30.3. The van der Waals surface area contributed by atoms with E-state index in [9.17, 15) is 8.78 Å². The first-order valence-electron chi connectivity index (χ1n) is 17.8. The number of unbranched alkanes of at least 4 members (excludes halogenated alkanes) is 3. The molecule has 40 heavy (non-hydrogen) atoms. The van der Waals surface area contributed by atoms with Crippen molar-refractivity contribution in [2.45, 2.75) is 167 Å². The Bertz CT molecular complexity index is 675. The highest BCUT2D eigenvalue weighted by Crippen LogP contribution is 2.43. The van der Waals surface area contributed by atoms with Crippen molar-refractivity contribution >= 4 is 0 Å². The van der Waals surface area contributed by atoms with Crippen LogP contribution in [0.1, 0.15) is 155 Å². The minimum absolute atomic E-state index is 0.521. The predicted octanol–water partition coefficient (Wildman–Crippen LogP) is 11.3. The molecular weight excluding hydrogens is 502 g/mol. The highest BCUT2D eigenvalue weighted by molar-refractivity contribution is 4.85. The van der Waals surface area contributed by atoms with Gasteiger partial charge in [-0.25, -0.2) is 0 Å². The van der Waals surface area contributed by atoms with Crippen molar-refractivity contribution in [3.05, 3.63) is 12.2 Å². The summed E-state index contributed by atoms with van der Waals surface area (Å²) < 4.78 is 37.1. The van der Waals surface area contributed by atoms with Gasteiger partial charge in [0, 0.05) is 6.61 Å². The van der Waals surface area contributed by atoms with Gasteiger partial charge in [-0.2, -0.15) is 8.78 Å². The molecule has 3 saturated carbocycles. The summed E-state index contributed by atoms with van der Waals surface area (Å²) >= 11 is 0. The topological polar surface area (TPSA) is 18.5 Å². The lowest BCUT2D eigenvalue weighted by Gasteiger charge is -2.38. The van der Waals surface area contributed by atoms with E-state index >= 15 is 0 Å². The number of allylic oxidation sites excluding steroid dienone is 1. The molecule has 2 nitrogen and oxygen atoms in total. The molecule has 4 fully saturated rings. The maximum atomic E-state index is 12.3. The fraction of sp³-hybridized carbons (Fsp3) is 0.944. The summed E-state index contributed by atoms with van der Waals surface area (Å²) in [7, 11) is 0. The zero-order chi connectivity index (χ0) is 28.0. The summed E-state index contributed by atoms with van der Waals surface area (Å²) in [5, 5.41) is 0. The van der Waals surface area contributed by atoms with Gasteiger partial charge in [-0.1, -0.05) is 64.7 Å². The van der Waals surface area contributed by atoms with E-state index in [1.165, 1.54) is 135 Å². The standard InChI is InChI=1S/C36H62F2O2/c1-2-3-6-26-39-35-23-20-32(21-24-35)33-22-25-34(40-27-33)10-5-4-8-28-12-16-30(17-13-28)31-18-14-29(15-19-31)9-7-11-36(37)38/h11,28-35H,2-10,12-27H2,1H3. The van der Waals surface area contributed by atoms with Crippen LogP contribution in [0.15, 0.2) is 12.2 Å². The first-order valence-corrected chi connectivity index (χ1v) is 17.8. The van der Waals surface area contributed by atoms with Crippen LogP contribution in [0.5, 0.6) is 0 Å². The summed E-state index contributed by atoms with van der Waals surface area (Å²) in [6, 6.07) is 0. The zero-order valence-electron chi connectivity index (χ0n) is 25.9. The number of halogens is 2. The van der Waals surface area contributed by atoms with E-state index in [4.69, 9.17) is 9.47 Å². The monoisotopic (exact) mass is 564 g/mol. The Morgan fingerprint density at radius 3 is 1.82 bits per heavy atom. The zero-order valence-corrected chi connectivity index (χ0v) is 25.9. The van der Waals surface area contributed by atoms with Gasteiger partial charge in [-0.3, -0.25) is 0 Å². The fourth-order valence-electron chi connectivity index (χ4n) is 8.88. The van der Waals surface area contributed by atoms with Crippen molar-refractivity contribution in [3.8, 4) is 0 Å². The normalized spacial score (nSPS) is 35.4. The molecule has 2 unspecified atom stereocenters. The lowest BCUT2D eigenvalue weighted by molar-refractivity contribution is -0.0525. The Morgan fingerprint density at radius 2 is 1.23 bits per heavy atom. The summed E-state index contributed by atoms with van der Waals surface area (Å²) in [5.74, 6) is 5.16. The van der Waals surface area contributed by atoms with E-state index in [0.29, 0.717) is 24.5 Å². The lowest BCUT2D eigenvalue weighted by Crippen LogP contribution is -2.33. The van der Waals surface area contributed by atoms with E-state index in [1.807, 2.05) is 0 Å². The Labute approximate surface area is 245 Å². The van der Waals surface area contributed by atoms with Crippen molar-refractivity contribution in [3.63, 3.8) is 0 Å². The molecule has 1 aliphatic heterocycles. The predicted molar refractivity (Wildman–Crippen MR) is 163 cm³/mol. The molecule has 0 N–H and O–H groups in total. The maximum Gasteiger partial charge on any atom is 0.266 e. The van der Waals surface area contributed by atoms with Crippen LogP contribution in [0.2, 0.25) is 0 Å². The molecule has 4 rings (SSSR count). The second-order valence-electron chi connectivity index (χ2n) is 14.3. The van der Waals surface area contributed by atoms with Crippen molar-refractivity contribution in [2.75, 3.05) is 13.2 Å². The van der Waals surface area contributed by atoms with E-state index in [2.05, 4.69) is 6.92 Å². The van der Waals surface area contributed by atoms with Crippen LogP contribution < -0.4 is 0 Å². The summed E-state index contributed by atoms with van der Waals surface area (Å²) in [4.78, 5) is 0. The van der Waals surface area contributed by atoms with Crippen molar-refractivity contribution in [2.24, 2.45) is 35.5 Å². The van der Waals surface area contributed by atoms with Gasteiger partial charge in [0.1, 0.15) is 0 Å². The molecule has 1 saturated heterocycles. The highest BCUT2D eigenvalue weighted by Gasteiger charge is 2.32.